The highest BCUT2D eigenvalue weighted by Crippen LogP contribution is 2.31. The second kappa shape index (κ2) is 5.66. The highest BCUT2D eigenvalue weighted by molar-refractivity contribution is 7.90. The van der Waals surface area contributed by atoms with E-state index in [-0.39, 0.29) is 19.0 Å². The van der Waals surface area contributed by atoms with Gasteiger partial charge in [-0.3, -0.25) is 9.59 Å². The fraction of sp³-hybridized carbons (Fsp3) is 0.800. The number of carbonyl (C=O) groups excluding carboxylic acids is 1. The van der Waals surface area contributed by atoms with E-state index in [9.17, 15) is 18.0 Å². The minimum Gasteiger partial charge on any atom is -0.481 e. The molecule has 1 aliphatic carbocycles. The van der Waals surface area contributed by atoms with E-state index < -0.39 is 27.2 Å². The van der Waals surface area contributed by atoms with Crippen LogP contribution in [0.15, 0.2) is 0 Å². The molecule has 1 unspecified atom stereocenters. The van der Waals surface area contributed by atoms with Gasteiger partial charge in [-0.1, -0.05) is 0 Å². The molecule has 0 saturated heterocycles. The second-order valence-corrected chi connectivity index (χ2v) is 6.40. The molecule has 0 aromatic rings. The van der Waals surface area contributed by atoms with Gasteiger partial charge in [-0.2, -0.15) is 4.31 Å². The normalized spacial score (nSPS) is 17.5. The summed E-state index contributed by atoms with van der Waals surface area (Å²) < 4.78 is 29.8. The van der Waals surface area contributed by atoms with E-state index in [2.05, 4.69) is 4.74 Å². The van der Waals surface area contributed by atoms with Crippen molar-refractivity contribution in [2.75, 3.05) is 13.7 Å². The summed E-state index contributed by atoms with van der Waals surface area (Å²) in [6.45, 7) is 1.14. The predicted molar refractivity (Wildman–Crippen MR) is 62.4 cm³/mol. The monoisotopic (exact) mass is 279 g/mol. The zero-order valence-electron chi connectivity index (χ0n) is 10.3. The first-order valence-electron chi connectivity index (χ1n) is 5.61. The largest absolute Gasteiger partial charge is 0.481 e. The van der Waals surface area contributed by atoms with Crippen LogP contribution in [0.5, 0.6) is 0 Å². The molecule has 8 heteroatoms. The van der Waals surface area contributed by atoms with Crippen molar-refractivity contribution >= 4 is 22.0 Å². The van der Waals surface area contributed by atoms with Crippen LogP contribution in [0.3, 0.4) is 0 Å². The molecule has 18 heavy (non-hydrogen) atoms. The number of carbonyl (C=O) groups is 2. The summed E-state index contributed by atoms with van der Waals surface area (Å²) in [6.07, 6.45) is 1.13. The zero-order valence-corrected chi connectivity index (χ0v) is 11.1. The van der Waals surface area contributed by atoms with Crippen LogP contribution in [0.25, 0.3) is 0 Å². The molecule has 0 aromatic carbocycles. The van der Waals surface area contributed by atoms with Crippen LogP contribution in [0.4, 0.5) is 0 Å². The summed E-state index contributed by atoms with van der Waals surface area (Å²) in [5, 5.41) is 7.30. The molecule has 0 bridgehead atoms. The maximum absolute atomic E-state index is 12.2. The van der Waals surface area contributed by atoms with Gasteiger partial charge in [-0.25, -0.2) is 8.42 Å². The Morgan fingerprint density at radius 2 is 2.00 bits per heavy atom. The van der Waals surface area contributed by atoms with Gasteiger partial charge >= 0.3 is 11.9 Å². The first-order valence-corrected chi connectivity index (χ1v) is 7.11. The maximum atomic E-state index is 12.2. The Hall–Kier alpha value is -1.15. The molecule has 0 spiro atoms. The van der Waals surface area contributed by atoms with Crippen molar-refractivity contribution in [2.24, 2.45) is 0 Å². The summed E-state index contributed by atoms with van der Waals surface area (Å²) in [5.74, 6) is -1.91. The number of aliphatic carboxylic acids is 1. The number of carboxylic acids is 1. The first-order chi connectivity index (χ1) is 8.30. The third kappa shape index (κ3) is 3.42. The highest BCUT2D eigenvalue weighted by atomic mass is 32.2. The Labute approximate surface area is 106 Å². The minimum absolute atomic E-state index is 0.107. The molecule has 1 fully saturated rings. The zero-order chi connectivity index (χ0) is 13.9. The standard InChI is InChI=1S/C10H17NO6S/c1-7(10(14)17-2)18(15,16)11(8-3-4-8)6-5-9(12)13/h7-8H,3-6H2,1-2H3,(H,12,13). The van der Waals surface area contributed by atoms with Gasteiger partial charge in [0.1, 0.15) is 0 Å². The van der Waals surface area contributed by atoms with Gasteiger partial charge in [0.15, 0.2) is 5.25 Å². The summed E-state index contributed by atoms with van der Waals surface area (Å²) >= 11 is 0. The van der Waals surface area contributed by atoms with Gasteiger partial charge in [-0.05, 0) is 19.8 Å². The van der Waals surface area contributed by atoms with E-state index in [1.165, 1.54) is 6.92 Å². The molecule has 1 saturated carbocycles. The van der Waals surface area contributed by atoms with Crippen molar-refractivity contribution in [2.45, 2.75) is 37.5 Å². The second-order valence-electron chi connectivity index (χ2n) is 4.20. The van der Waals surface area contributed by atoms with E-state index in [4.69, 9.17) is 5.11 Å². The number of hydrogen-bond donors (Lipinski definition) is 1. The van der Waals surface area contributed by atoms with Crippen molar-refractivity contribution in [3.8, 4) is 0 Å². The molecule has 0 heterocycles. The molecular formula is C10H17NO6S. The molecule has 1 rings (SSSR count). The van der Waals surface area contributed by atoms with Crippen LogP contribution in [-0.2, 0) is 24.3 Å². The van der Waals surface area contributed by atoms with Crippen molar-refractivity contribution in [1.82, 2.24) is 4.31 Å². The Morgan fingerprint density at radius 1 is 1.44 bits per heavy atom. The Balaban J connectivity index is 2.83. The Bertz CT molecular complexity index is 428. The molecule has 104 valence electrons. The molecular weight excluding hydrogens is 262 g/mol. The summed E-state index contributed by atoms with van der Waals surface area (Å²) in [7, 11) is -2.73. The topological polar surface area (TPSA) is 101 Å². The number of rotatable bonds is 7. The van der Waals surface area contributed by atoms with E-state index in [0.717, 1.165) is 11.4 Å². The van der Waals surface area contributed by atoms with Crippen LogP contribution in [0, 0.1) is 0 Å². The number of sulfonamides is 1. The van der Waals surface area contributed by atoms with E-state index in [1.54, 1.807) is 0 Å². The van der Waals surface area contributed by atoms with E-state index >= 15 is 0 Å². The maximum Gasteiger partial charge on any atom is 0.325 e. The van der Waals surface area contributed by atoms with Gasteiger partial charge in [0.25, 0.3) is 0 Å². The fourth-order valence-corrected chi connectivity index (χ4v) is 3.29. The lowest BCUT2D eigenvalue weighted by atomic mass is 10.4. The minimum atomic E-state index is -3.85. The molecule has 1 N–H and O–H groups in total. The quantitative estimate of drug-likeness (QED) is 0.649. The lowest BCUT2D eigenvalue weighted by Crippen LogP contribution is -2.43. The Morgan fingerprint density at radius 3 is 2.39 bits per heavy atom. The van der Waals surface area contributed by atoms with Crippen LogP contribution >= 0.6 is 0 Å². The van der Waals surface area contributed by atoms with Crippen LogP contribution in [-0.4, -0.2) is 54.7 Å². The molecule has 7 nitrogen and oxygen atoms in total. The van der Waals surface area contributed by atoms with Crippen LogP contribution in [0.1, 0.15) is 26.2 Å². The molecule has 0 aliphatic heterocycles. The summed E-state index contributed by atoms with van der Waals surface area (Å²) in [5.41, 5.74) is 0. The smallest absolute Gasteiger partial charge is 0.325 e. The number of nitrogens with zero attached hydrogens (tertiary/aromatic N) is 1. The lowest BCUT2D eigenvalue weighted by Gasteiger charge is -2.23. The number of esters is 1. The highest BCUT2D eigenvalue weighted by Gasteiger charge is 2.42. The van der Waals surface area contributed by atoms with Gasteiger partial charge in [-0.15, -0.1) is 0 Å². The van der Waals surface area contributed by atoms with Crippen molar-refractivity contribution < 1.29 is 27.9 Å². The van der Waals surface area contributed by atoms with E-state index in [0.29, 0.717) is 12.8 Å². The number of hydrogen-bond acceptors (Lipinski definition) is 5. The molecule has 0 amide bonds. The van der Waals surface area contributed by atoms with Crippen molar-refractivity contribution in [1.29, 1.82) is 0 Å². The van der Waals surface area contributed by atoms with Crippen molar-refractivity contribution in [3.63, 3.8) is 0 Å². The molecule has 1 atom stereocenters. The predicted octanol–water partition coefficient (Wildman–Crippen LogP) is -0.183. The summed E-state index contributed by atoms with van der Waals surface area (Å²) in [4.78, 5) is 21.8. The number of carboxylic acid groups (broad SMARTS) is 1. The van der Waals surface area contributed by atoms with Gasteiger partial charge < -0.3 is 9.84 Å². The average Bonchev–Trinajstić information content (AvgIpc) is 3.10. The van der Waals surface area contributed by atoms with Gasteiger partial charge in [0, 0.05) is 12.6 Å². The SMILES string of the molecule is COC(=O)C(C)S(=O)(=O)N(CCC(=O)O)C1CC1. The van der Waals surface area contributed by atoms with Crippen LogP contribution < -0.4 is 0 Å². The third-order valence-corrected chi connectivity index (χ3v) is 5.03. The average molecular weight is 279 g/mol. The molecule has 0 radical (unpaired) electrons. The number of methoxy groups -OCH3 is 1. The Kier molecular flexibility index (Phi) is 4.69. The molecule has 0 aromatic heterocycles. The van der Waals surface area contributed by atoms with Crippen molar-refractivity contribution in [3.05, 3.63) is 0 Å². The van der Waals surface area contributed by atoms with E-state index in [1.807, 2.05) is 0 Å². The number of ether oxygens (including phenoxy) is 1. The first kappa shape index (κ1) is 14.9. The summed E-state index contributed by atoms with van der Waals surface area (Å²) in [6, 6.07) is -0.179. The lowest BCUT2D eigenvalue weighted by molar-refractivity contribution is -0.139. The fourth-order valence-electron chi connectivity index (χ4n) is 1.58. The van der Waals surface area contributed by atoms with Gasteiger partial charge in [0.2, 0.25) is 10.0 Å². The third-order valence-electron chi connectivity index (χ3n) is 2.81. The molecule has 1 aliphatic rings. The van der Waals surface area contributed by atoms with Crippen LogP contribution in [0.2, 0.25) is 0 Å². The van der Waals surface area contributed by atoms with Gasteiger partial charge in [0.05, 0.1) is 13.5 Å².